The first kappa shape index (κ1) is 19.8. The van der Waals surface area contributed by atoms with E-state index in [-0.39, 0.29) is 0 Å². The third-order valence-electron chi connectivity index (χ3n) is 6.45. The maximum absolute atomic E-state index is 5.35. The smallest absolute Gasteiger partial charge is 0.119 e. The quantitative estimate of drug-likeness (QED) is 0.419. The molecule has 0 unspecified atom stereocenters. The lowest BCUT2D eigenvalue weighted by Crippen LogP contribution is -2.23. The van der Waals surface area contributed by atoms with Gasteiger partial charge in [0, 0.05) is 36.9 Å². The van der Waals surface area contributed by atoms with Gasteiger partial charge in [-0.15, -0.1) is 0 Å². The van der Waals surface area contributed by atoms with Crippen LogP contribution in [0, 0.1) is 0 Å². The van der Waals surface area contributed by atoms with E-state index in [2.05, 4.69) is 71.2 Å². The molecule has 158 valence electrons. The summed E-state index contributed by atoms with van der Waals surface area (Å²) in [6, 6.07) is 21.8. The van der Waals surface area contributed by atoms with Crippen LogP contribution in [0.1, 0.15) is 41.3 Å². The molecule has 0 saturated carbocycles. The number of pyridine rings is 1. The van der Waals surface area contributed by atoms with Crippen molar-refractivity contribution in [2.24, 2.45) is 7.05 Å². The van der Waals surface area contributed by atoms with Gasteiger partial charge in [0.1, 0.15) is 5.75 Å². The number of nitrogens with zero attached hydrogens (tertiary/aromatic N) is 3. The molecule has 0 N–H and O–H groups in total. The van der Waals surface area contributed by atoms with Crippen LogP contribution in [-0.4, -0.2) is 28.1 Å². The van der Waals surface area contributed by atoms with E-state index in [4.69, 9.17) is 9.72 Å². The van der Waals surface area contributed by atoms with Crippen LogP contribution in [0.4, 0.5) is 0 Å². The van der Waals surface area contributed by atoms with Gasteiger partial charge in [-0.1, -0.05) is 36.4 Å². The minimum atomic E-state index is 0.393. The Morgan fingerprint density at radius 2 is 1.94 bits per heavy atom. The molecule has 2 aromatic carbocycles. The molecule has 1 aliphatic heterocycles. The lowest BCUT2D eigenvalue weighted by Gasteiger charge is -2.24. The molecule has 1 aliphatic rings. The number of fused-ring (bicyclic) bond motifs is 1. The highest BCUT2D eigenvalue weighted by Gasteiger charge is 2.27. The average molecular weight is 412 g/mol. The minimum Gasteiger partial charge on any atom is -0.497 e. The lowest BCUT2D eigenvalue weighted by atomic mass is 10.0. The fraction of sp³-hybridized carbons (Fsp3) is 0.296. The van der Waals surface area contributed by atoms with E-state index in [0.717, 1.165) is 25.3 Å². The highest BCUT2D eigenvalue weighted by atomic mass is 16.5. The summed E-state index contributed by atoms with van der Waals surface area (Å²) in [5.41, 5.74) is 6.36. The zero-order valence-electron chi connectivity index (χ0n) is 18.3. The fourth-order valence-corrected chi connectivity index (χ4v) is 4.88. The zero-order valence-corrected chi connectivity index (χ0v) is 18.3. The number of methoxy groups -OCH3 is 1. The third-order valence-corrected chi connectivity index (χ3v) is 6.45. The number of likely N-dealkylation sites (tertiary alicyclic amines) is 1. The molecular formula is C27H29N3O. The molecule has 0 amide bonds. The number of para-hydroxylation sites is 1. The van der Waals surface area contributed by atoms with Gasteiger partial charge in [0.05, 0.1) is 18.8 Å². The molecule has 1 fully saturated rings. The van der Waals surface area contributed by atoms with Gasteiger partial charge in [-0.25, -0.2) is 0 Å². The van der Waals surface area contributed by atoms with Gasteiger partial charge < -0.3 is 9.30 Å². The molecule has 31 heavy (non-hydrogen) atoms. The molecule has 3 heterocycles. The molecule has 1 saturated heterocycles. The van der Waals surface area contributed by atoms with Crippen molar-refractivity contribution >= 4 is 10.9 Å². The second kappa shape index (κ2) is 8.56. The van der Waals surface area contributed by atoms with Gasteiger partial charge in [-0.05, 0) is 66.8 Å². The van der Waals surface area contributed by atoms with Crippen molar-refractivity contribution in [2.45, 2.75) is 31.8 Å². The van der Waals surface area contributed by atoms with E-state index < -0.39 is 0 Å². The summed E-state index contributed by atoms with van der Waals surface area (Å²) in [5, 5.41) is 1.36. The van der Waals surface area contributed by atoms with Crippen molar-refractivity contribution in [1.82, 2.24) is 14.5 Å². The van der Waals surface area contributed by atoms with Crippen LogP contribution in [0.3, 0.4) is 0 Å². The molecule has 4 nitrogen and oxygen atoms in total. The van der Waals surface area contributed by atoms with Gasteiger partial charge >= 0.3 is 0 Å². The first-order chi connectivity index (χ1) is 15.2. The molecule has 1 atom stereocenters. The van der Waals surface area contributed by atoms with Crippen LogP contribution < -0.4 is 4.74 Å². The Balaban J connectivity index is 1.32. The number of ether oxygens (including phenoxy) is 1. The average Bonchev–Trinajstić information content (AvgIpc) is 3.39. The number of hydrogen-bond acceptors (Lipinski definition) is 3. The summed E-state index contributed by atoms with van der Waals surface area (Å²) in [4.78, 5) is 7.47. The van der Waals surface area contributed by atoms with Gasteiger partial charge in [0.25, 0.3) is 0 Å². The minimum absolute atomic E-state index is 0.393. The van der Waals surface area contributed by atoms with Gasteiger partial charge in [-0.3, -0.25) is 9.88 Å². The van der Waals surface area contributed by atoms with Crippen LogP contribution >= 0.6 is 0 Å². The molecule has 0 spiro atoms. The summed E-state index contributed by atoms with van der Waals surface area (Å²) < 4.78 is 7.58. The van der Waals surface area contributed by atoms with E-state index in [1.165, 1.54) is 46.1 Å². The Morgan fingerprint density at radius 1 is 1.03 bits per heavy atom. The maximum atomic E-state index is 5.35. The summed E-state index contributed by atoms with van der Waals surface area (Å²) in [6.07, 6.45) is 7.60. The Morgan fingerprint density at radius 3 is 2.77 bits per heavy atom. The van der Waals surface area contributed by atoms with Crippen LogP contribution in [0.5, 0.6) is 5.75 Å². The fourth-order valence-electron chi connectivity index (χ4n) is 4.88. The van der Waals surface area contributed by atoms with Gasteiger partial charge in [0.15, 0.2) is 0 Å². The predicted octanol–water partition coefficient (Wildman–Crippen LogP) is 5.51. The normalized spacial score (nSPS) is 16.8. The number of hydrogen-bond donors (Lipinski definition) is 0. The first-order valence-electron chi connectivity index (χ1n) is 11.1. The third kappa shape index (κ3) is 4.08. The summed E-state index contributed by atoms with van der Waals surface area (Å²) in [5.74, 6) is 0.900. The molecule has 0 bridgehead atoms. The SMILES string of the molecule is COc1cccc(Cc2ccc([C@H]3CCCN3Cc3cn(C)c4ccccc34)nc2)c1. The topological polar surface area (TPSA) is 30.3 Å². The van der Waals surface area contributed by atoms with E-state index >= 15 is 0 Å². The summed E-state index contributed by atoms with van der Waals surface area (Å²) in [6.45, 7) is 2.10. The monoisotopic (exact) mass is 411 g/mol. The van der Waals surface area contributed by atoms with E-state index in [0.29, 0.717) is 6.04 Å². The number of rotatable bonds is 6. The van der Waals surface area contributed by atoms with Crippen LogP contribution in [0.15, 0.2) is 73.1 Å². The molecular weight excluding hydrogens is 382 g/mol. The van der Waals surface area contributed by atoms with Gasteiger partial charge in [0.2, 0.25) is 0 Å². The molecule has 4 heteroatoms. The highest BCUT2D eigenvalue weighted by Crippen LogP contribution is 2.34. The van der Waals surface area contributed by atoms with Crippen molar-refractivity contribution in [2.75, 3.05) is 13.7 Å². The molecule has 2 aromatic heterocycles. The second-order valence-electron chi connectivity index (χ2n) is 8.53. The standard InChI is InChI=1S/C27H29N3O/c1-29-18-22(24-9-3-4-10-26(24)29)19-30-14-6-11-27(30)25-13-12-21(17-28-25)15-20-7-5-8-23(16-20)31-2/h3-5,7-10,12-13,16-18,27H,6,11,14-15,19H2,1-2H3/t27-/m1/s1. The summed E-state index contributed by atoms with van der Waals surface area (Å²) >= 11 is 0. The Bertz CT molecular complexity index is 1180. The van der Waals surface area contributed by atoms with Crippen molar-refractivity contribution in [3.63, 3.8) is 0 Å². The molecule has 4 aromatic rings. The van der Waals surface area contributed by atoms with Crippen LogP contribution in [0.2, 0.25) is 0 Å². The second-order valence-corrected chi connectivity index (χ2v) is 8.53. The molecule has 0 radical (unpaired) electrons. The first-order valence-corrected chi connectivity index (χ1v) is 11.1. The lowest BCUT2D eigenvalue weighted by molar-refractivity contribution is 0.245. The maximum Gasteiger partial charge on any atom is 0.119 e. The van der Waals surface area contributed by atoms with Crippen molar-refractivity contribution in [3.05, 3.63) is 95.4 Å². The van der Waals surface area contributed by atoms with Crippen molar-refractivity contribution in [3.8, 4) is 5.75 Å². The Hall–Kier alpha value is -3.11. The zero-order chi connectivity index (χ0) is 21.2. The molecule has 0 aliphatic carbocycles. The number of aryl methyl sites for hydroxylation is 1. The largest absolute Gasteiger partial charge is 0.497 e. The van der Waals surface area contributed by atoms with E-state index in [1.807, 2.05) is 18.3 Å². The Labute approximate surface area is 184 Å². The highest BCUT2D eigenvalue weighted by molar-refractivity contribution is 5.83. The Kier molecular flexibility index (Phi) is 5.47. The van der Waals surface area contributed by atoms with Crippen LogP contribution in [0.25, 0.3) is 10.9 Å². The number of aromatic nitrogens is 2. The summed E-state index contributed by atoms with van der Waals surface area (Å²) in [7, 11) is 3.84. The van der Waals surface area contributed by atoms with E-state index in [1.54, 1.807) is 7.11 Å². The number of benzene rings is 2. The van der Waals surface area contributed by atoms with Crippen molar-refractivity contribution < 1.29 is 4.74 Å². The predicted molar refractivity (Wildman–Crippen MR) is 125 cm³/mol. The molecule has 5 rings (SSSR count). The van der Waals surface area contributed by atoms with Crippen molar-refractivity contribution in [1.29, 1.82) is 0 Å². The van der Waals surface area contributed by atoms with E-state index in [9.17, 15) is 0 Å². The van der Waals surface area contributed by atoms with Gasteiger partial charge in [-0.2, -0.15) is 0 Å². The van der Waals surface area contributed by atoms with Crippen LogP contribution in [-0.2, 0) is 20.0 Å².